The molecule has 0 saturated heterocycles. The summed E-state index contributed by atoms with van der Waals surface area (Å²) in [5.41, 5.74) is 6.30. The van der Waals surface area contributed by atoms with Gasteiger partial charge < -0.3 is 21.0 Å². The van der Waals surface area contributed by atoms with Crippen molar-refractivity contribution in [3.63, 3.8) is 0 Å². The fourth-order valence-electron chi connectivity index (χ4n) is 1.40. The number of carbonyl (C=O) groups is 1. The van der Waals surface area contributed by atoms with Gasteiger partial charge in [-0.15, -0.1) is 0 Å². The summed E-state index contributed by atoms with van der Waals surface area (Å²) in [4.78, 5) is 20.6. The van der Waals surface area contributed by atoms with E-state index in [9.17, 15) is 9.18 Å². The van der Waals surface area contributed by atoms with Gasteiger partial charge in [0.05, 0.1) is 16.4 Å². The third kappa shape index (κ3) is 3.44. The Morgan fingerprint density at radius 1 is 1.58 bits per heavy atom. The van der Waals surface area contributed by atoms with E-state index in [-0.39, 0.29) is 10.2 Å². The van der Waals surface area contributed by atoms with Crippen molar-refractivity contribution in [1.82, 2.24) is 20.3 Å². The lowest BCUT2D eigenvalue weighted by molar-refractivity contribution is 0.0953. The molecule has 8 heteroatoms. The van der Waals surface area contributed by atoms with Crippen LogP contribution in [0.4, 0.5) is 10.3 Å². The van der Waals surface area contributed by atoms with Crippen molar-refractivity contribution in [2.75, 3.05) is 12.3 Å². The van der Waals surface area contributed by atoms with Gasteiger partial charge in [0.1, 0.15) is 5.69 Å². The molecule has 1 amide bonds. The molecular formula is C11H11BrFN5O. The molecule has 0 fully saturated rings. The van der Waals surface area contributed by atoms with Gasteiger partial charge in [-0.1, -0.05) is 6.08 Å². The van der Waals surface area contributed by atoms with E-state index in [2.05, 4.69) is 36.2 Å². The van der Waals surface area contributed by atoms with E-state index in [4.69, 9.17) is 5.73 Å². The number of amides is 1. The Kier molecular flexibility index (Phi) is 4.00. The zero-order valence-electron chi connectivity index (χ0n) is 9.71. The number of hydrogen-bond acceptors (Lipinski definition) is 3. The Bertz CT molecular complexity index is 599. The van der Waals surface area contributed by atoms with Crippen molar-refractivity contribution in [2.45, 2.75) is 0 Å². The third-order valence-corrected chi connectivity index (χ3v) is 2.84. The number of hydrogen-bond donors (Lipinski definition) is 4. The second kappa shape index (κ2) is 5.70. The summed E-state index contributed by atoms with van der Waals surface area (Å²) in [7, 11) is 0. The predicted molar refractivity (Wildman–Crippen MR) is 72.8 cm³/mol. The fourth-order valence-corrected chi connectivity index (χ4v) is 1.72. The largest absolute Gasteiger partial charge is 0.369 e. The molecule has 2 aromatic heterocycles. The highest BCUT2D eigenvalue weighted by atomic mass is 79.9. The van der Waals surface area contributed by atoms with Crippen molar-refractivity contribution < 1.29 is 9.18 Å². The number of aromatic amines is 2. The minimum atomic E-state index is -0.575. The molecule has 0 aromatic carbocycles. The SMILES string of the molecule is Nc1ncc(/C=C/CNC(=O)c2cc(Br)c(F)[nH]2)[nH]1. The maximum absolute atomic E-state index is 13.0. The highest BCUT2D eigenvalue weighted by Crippen LogP contribution is 2.15. The molecule has 100 valence electrons. The second-order valence-corrected chi connectivity index (χ2v) is 4.54. The molecule has 19 heavy (non-hydrogen) atoms. The Morgan fingerprint density at radius 2 is 2.37 bits per heavy atom. The van der Waals surface area contributed by atoms with Gasteiger partial charge in [-0.2, -0.15) is 4.39 Å². The van der Waals surface area contributed by atoms with Crippen LogP contribution in [0.3, 0.4) is 0 Å². The standard InChI is InChI=1S/C11H11BrFN5O/c12-7-4-8(18-9(7)13)10(19)15-3-1-2-6-5-16-11(14)17-6/h1-2,4-5,18H,3H2,(H,15,19)(H3,14,16,17)/b2-1+. The summed E-state index contributed by atoms with van der Waals surface area (Å²) in [6.45, 7) is 0.302. The van der Waals surface area contributed by atoms with E-state index in [1.807, 2.05) is 0 Å². The number of rotatable bonds is 4. The van der Waals surface area contributed by atoms with Crippen LogP contribution in [-0.2, 0) is 0 Å². The minimum Gasteiger partial charge on any atom is -0.369 e. The smallest absolute Gasteiger partial charge is 0.268 e. The Balaban J connectivity index is 1.85. The maximum Gasteiger partial charge on any atom is 0.268 e. The van der Waals surface area contributed by atoms with Crippen LogP contribution in [-0.4, -0.2) is 27.4 Å². The first kappa shape index (κ1) is 13.3. The first-order chi connectivity index (χ1) is 9.06. The van der Waals surface area contributed by atoms with Crippen LogP contribution in [0.1, 0.15) is 16.2 Å². The molecule has 0 aliphatic heterocycles. The lowest BCUT2D eigenvalue weighted by Gasteiger charge is -1.98. The van der Waals surface area contributed by atoms with E-state index in [1.165, 1.54) is 6.07 Å². The van der Waals surface area contributed by atoms with Crippen molar-refractivity contribution in [3.8, 4) is 0 Å². The number of aromatic nitrogens is 3. The molecular weight excluding hydrogens is 317 g/mol. The number of nitrogens with zero attached hydrogens (tertiary/aromatic N) is 1. The molecule has 0 unspecified atom stereocenters. The molecule has 2 aromatic rings. The monoisotopic (exact) mass is 327 g/mol. The van der Waals surface area contributed by atoms with Gasteiger partial charge in [-0.3, -0.25) is 4.79 Å². The molecule has 2 heterocycles. The molecule has 0 atom stereocenters. The molecule has 0 bridgehead atoms. The third-order valence-electron chi connectivity index (χ3n) is 2.26. The van der Waals surface area contributed by atoms with Gasteiger partial charge >= 0.3 is 0 Å². The fraction of sp³-hybridized carbons (Fsp3) is 0.0909. The van der Waals surface area contributed by atoms with Crippen LogP contribution in [0, 0.1) is 5.95 Å². The minimum absolute atomic E-state index is 0.156. The molecule has 0 aliphatic carbocycles. The van der Waals surface area contributed by atoms with Gasteiger partial charge in [-0.05, 0) is 28.1 Å². The molecule has 0 saturated carbocycles. The quantitative estimate of drug-likeness (QED) is 0.687. The first-order valence-electron chi connectivity index (χ1n) is 5.35. The topological polar surface area (TPSA) is 99.6 Å². The summed E-state index contributed by atoms with van der Waals surface area (Å²) in [6.07, 6.45) is 5.03. The van der Waals surface area contributed by atoms with E-state index in [1.54, 1.807) is 18.3 Å². The number of halogens is 2. The molecule has 2 rings (SSSR count). The number of H-pyrrole nitrogens is 2. The lowest BCUT2D eigenvalue weighted by Crippen LogP contribution is -2.23. The summed E-state index contributed by atoms with van der Waals surface area (Å²) < 4.78 is 13.2. The van der Waals surface area contributed by atoms with E-state index >= 15 is 0 Å². The number of anilines is 1. The molecule has 0 spiro atoms. The second-order valence-electron chi connectivity index (χ2n) is 3.68. The van der Waals surface area contributed by atoms with Gasteiger partial charge in [-0.25, -0.2) is 4.98 Å². The van der Waals surface area contributed by atoms with E-state index in [0.29, 0.717) is 12.5 Å². The predicted octanol–water partition coefficient (Wildman–Crippen LogP) is 1.66. The zero-order chi connectivity index (χ0) is 13.8. The average molecular weight is 328 g/mol. The summed E-state index contributed by atoms with van der Waals surface area (Å²) in [5.74, 6) is -0.637. The van der Waals surface area contributed by atoms with Crippen LogP contribution >= 0.6 is 15.9 Å². The highest BCUT2D eigenvalue weighted by molar-refractivity contribution is 9.10. The Labute approximate surface area is 116 Å². The number of imidazole rings is 1. The maximum atomic E-state index is 13.0. The van der Waals surface area contributed by atoms with Crippen molar-refractivity contribution in [1.29, 1.82) is 0 Å². The normalized spacial score (nSPS) is 11.1. The van der Waals surface area contributed by atoms with Crippen LogP contribution < -0.4 is 11.1 Å². The Morgan fingerprint density at radius 3 is 2.95 bits per heavy atom. The van der Waals surface area contributed by atoms with Gasteiger partial charge in [0, 0.05) is 6.54 Å². The van der Waals surface area contributed by atoms with Crippen LogP contribution in [0.5, 0.6) is 0 Å². The summed E-state index contributed by atoms with van der Waals surface area (Å²) in [6, 6.07) is 1.38. The zero-order valence-corrected chi connectivity index (χ0v) is 11.3. The summed E-state index contributed by atoms with van der Waals surface area (Å²) >= 11 is 2.98. The van der Waals surface area contributed by atoms with Crippen LogP contribution in [0.2, 0.25) is 0 Å². The van der Waals surface area contributed by atoms with Crippen molar-refractivity contribution >= 4 is 33.9 Å². The number of nitrogens with two attached hydrogens (primary N) is 1. The van der Waals surface area contributed by atoms with Crippen LogP contribution in [0.15, 0.2) is 22.8 Å². The molecule has 6 nitrogen and oxygen atoms in total. The summed E-state index contributed by atoms with van der Waals surface area (Å²) in [5, 5.41) is 2.61. The van der Waals surface area contributed by atoms with Gasteiger partial charge in [0.15, 0.2) is 5.95 Å². The molecule has 0 aliphatic rings. The van der Waals surface area contributed by atoms with Gasteiger partial charge in [0.25, 0.3) is 5.91 Å². The number of carbonyl (C=O) groups excluding carboxylic acids is 1. The molecule has 0 radical (unpaired) electrons. The van der Waals surface area contributed by atoms with E-state index < -0.39 is 11.9 Å². The number of nitrogens with one attached hydrogen (secondary N) is 3. The molecule has 5 N–H and O–H groups in total. The highest BCUT2D eigenvalue weighted by Gasteiger charge is 2.10. The van der Waals surface area contributed by atoms with E-state index in [0.717, 1.165) is 5.69 Å². The number of nitrogen functional groups attached to an aromatic ring is 1. The van der Waals surface area contributed by atoms with Crippen molar-refractivity contribution in [3.05, 3.63) is 40.1 Å². The average Bonchev–Trinajstić information content (AvgIpc) is 2.92. The van der Waals surface area contributed by atoms with Gasteiger partial charge in [0.2, 0.25) is 5.95 Å². The van der Waals surface area contributed by atoms with Crippen LogP contribution in [0.25, 0.3) is 6.08 Å². The lowest BCUT2D eigenvalue weighted by atomic mass is 10.4. The Hall–Kier alpha value is -2.09. The first-order valence-corrected chi connectivity index (χ1v) is 6.15. The van der Waals surface area contributed by atoms with Crippen molar-refractivity contribution in [2.24, 2.45) is 0 Å².